The minimum Gasteiger partial charge on any atom is -0.344 e. The molecule has 0 aliphatic heterocycles. The Bertz CT molecular complexity index is 359. The molecule has 0 unspecified atom stereocenters. The maximum absolute atomic E-state index is 11.6. The zero-order chi connectivity index (χ0) is 12.2. The first-order valence-corrected chi connectivity index (χ1v) is 5.22. The van der Waals surface area contributed by atoms with Gasteiger partial charge < -0.3 is 15.2 Å². The van der Waals surface area contributed by atoms with Crippen molar-refractivity contribution in [2.24, 2.45) is 0 Å². The number of rotatable bonds is 5. The van der Waals surface area contributed by atoms with Crippen LogP contribution < -0.4 is 10.6 Å². The van der Waals surface area contributed by atoms with Crippen LogP contribution in [-0.2, 0) is 10.3 Å². The molecule has 0 fully saturated rings. The zero-order valence-corrected chi connectivity index (χ0v) is 10.1. The molecule has 0 atom stereocenters. The van der Waals surface area contributed by atoms with Gasteiger partial charge in [0, 0.05) is 19.9 Å². The van der Waals surface area contributed by atoms with Crippen molar-refractivity contribution >= 4 is 5.91 Å². The van der Waals surface area contributed by atoms with Gasteiger partial charge in [-0.05, 0) is 20.9 Å². The molecule has 0 aromatic carbocycles. The van der Waals surface area contributed by atoms with E-state index in [0.717, 1.165) is 0 Å². The van der Waals surface area contributed by atoms with E-state index >= 15 is 0 Å². The van der Waals surface area contributed by atoms with Crippen LogP contribution in [0.15, 0.2) is 4.52 Å². The largest absolute Gasteiger partial charge is 0.344 e. The van der Waals surface area contributed by atoms with E-state index in [0.29, 0.717) is 24.7 Å². The summed E-state index contributed by atoms with van der Waals surface area (Å²) < 4.78 is 4.89. The van der Waals surface area contributed by atoms with Gasteiger partial charge in [-0.3, -0.25) is 4.79 Å². The Labute approximate surface area is 94.8 Å². The Kier molecular flexibility index (Phi) is 4.00. The summed E-state index contributed by atoms with van der Waals surface area (Å²) >= 11 is 0. The van der Waals surface area contributed by atoms with E-state index in [9.17, 15) is 4.79 Å². The summed E-state index contributed by atoms with van der Waals surface area (Å²) in [4.78, 5) is 15.7. The van der Waals surface area contributed by atoms with Crippen LogP contribution in [0.5, 0.6) is 0 Å². The van der Waals surface area contributed by atoms with E-state index in [1.165, 1.54) is 0 Å². The zero-order valence-electron chi connectivity index (χ0n) is 10.1. The predicted molar refractivity (Wildman–Crippen MR) is 58.7 cm³/mol. The standard InChI is InChI=1S/C10H18N4O2/c1-7-12-9(14-16-7)10(2,3)13-8(15)5-6-11-4/h11H,5-6H2,1-4H3,(H,13,15). The molecule has 0 spiro atoms. The highest BCUT2D eigenvalue weighted by Crippen LogP contribution is 2.16. The molecule has 1 heterocycles. The van der Waals surface area contributed by atoms with Crippen LogP contribution in [0, 0.1) is 6.92 Å². The Morgan fingerprint density at radius 1 is 1.50 bits per heavy atom. The molecule has 16 heavy (non-hydrogen) atoms. The minimum atomic E-state index is -0.609. The lowest BCUT2D eigenvalue weighted by atomic mass is 10.0. The van der Waals surface area contributed by atoms with Crippen molar-refractivity contribution in [3.05, 3.63) is 11.7 Å². The van der Waals surface area contributed by atoms with Crippen molar-refractivity contribution in [1.82, 2.24) is 20.8 Å². The van der Waals surface area contributed by atoms with Crippen LogP contribution in [0.2, 0.25) is 0 Å². The summed E-state index contributed by atoms with van der Waals surface area (Å²) in [5.74, 6) is 0.942. The third kappa shape index (κ3) is 3.30. The molecule has 6 nitrogen and oxygen atoms in total. The van der Waals surface area contributed by atoms with Crippen molar-refractivity contribution < 1.29 is 9.32 Å². The molecule has 0 bridgehead atoms. The first-order valence-electron chi connectivity index (χ1n) is 5.22. The summed E-state index contributed by atoms with van der Waals surface area (Å²) in [6.45, 7) is 6.05. The van der Waals surface area contributed by atoms with Gasteiger partial charge in [0.2, 0.25) is 11.8 Å². The topological polar surface area (TPSA) is 80.0 Å². The van der Waals surface area contributed by atoms with Gasteiger partial charge in [-0.1, -0.05) is 5.16 Å². The minimum absolute atomic E-state index is 0.0400. The lowest BCUT2D eigenvalue weighted by Gasteiger charge is -2.22. The molecular weight excluding hydrogens is 208 g/mol. The SMILES string of the molecule is CNCCC(=O)NC(C)(C)c1noc(C)n1. The second-order valence-corrected chi connectivity index (χ2v) is 4.16. The molecule has 1 rings (SSSR count). The molecule has 1 aromatic heterocycles. The first kappa shape index (κ1) is 12.6. The van der Waals surface area contributed by atoms with Crippen LogP contribution in [0.25, 0.3) is 0 Å². The van der Waals surface area contributed by atoms with E-state index < -0.39 is 5.54 Å². The van der Waals surface area contributed by atoms with Crippen molar-refractivity contribution in [3.63, 3.8) is 0 Å². The summed E-state index contributed by atoms with van der Waals surface area (Å²) in [7, 11) is 1.81. The monoisotopic (exact) mass is 226 g/mol. The lowest BCUT2D eigenvalue weighted by molar-refractivity contribution is -0.122. The Morgan fingerprint density at radius 3 is 2.69 bits per heavy atom. The first-order chi connectivity index (χ1) is 7.45. The van der Waals surface area contributed by atoms with Crippen molar-refractivity contribution in [2.75, 3.05) is 13.6 Å². The second kappa shape index (κ2) is 5.07. The molecule has 0 saturated carbocycles. The smallest absolute Gasteiger partial charge is 0.223 e. The molecule has 6 heteroatoms. The van der Waals surface area contributed by atoms with Crippen LogP contribution in [-0.4, -0.2) is 29.6 Å². The third-order valence-electron chi connectivity index (χ3n) is 2.14. The van der Waals surface area contributed by atoms with Gasteiger partial charge in [-0.2, -0.15) is 4.98 Å². The quantitative estimate of drug-likeness (QED) is 0.756. The van der Waals surface area contributed by atoms with Crippen LogP contribution in [0.3, 0.4) is 0 Å². The second-order valence-electron chi connectivity index (χ2n) is 4.16. The molecule has 0 saturated heterocycles. The van der Waals surface area contributed by atoms with Gasteiger partial charge in [-0.25, -0.2) is 0 Å². The fraction of sp³-hybridized carbons (Fsp3) is 0.700. The molecular formula is C10H18N4O2. The van der Waals surface area contributed by atoms with Gasteiger partial charge in [0.15, 0.2) is 5.82 Å². The van der Waals surface area contributed by atoms with Crippen molar-refractivity contribution in [1.29, 1.82) is 0 Å². The molecule has 1 amide bonds. The maximum Gasteiger partial charge on any atom is 0.223 e. The number of hydrogen-bond donors (Lipinski definition) is 2. The fourth-order valence-corrected chi connectivity index (χ4v) is 1.26. The summed E-state index contributed by atoms with van der Waals surface area (Å²) in [6, 6.07) is 0. The number of amides is 1. The maximum atomic E-state index is 11.6. The molecule has 0 aliphatic rings. The van der Waals surface area contributed by atoms with E-state index in [2.05, 4.69) is 20.8 Å². The highest BCUT2D eigenvalue weighted by molar-refractivity contribution is 5.76. The Balaban J connectivity index is 2.61. The molecule has 0 radical (unpaired) electrons. The summed E-state index contributed by atoms with van der Waals surface area (Å²) in [5.41, 5.74) is -0.609. The number of hydrogen-bond acceptors (Lipinski definition) is 5. The number of nitrogens with zero attached hydrogens (tertiary/aromatic N) is 2. The normalized spacial score (nSPS) is 11.5. The summed E-state index contributed by atoms with van der Waals surface area (Å²) in [6.07, 6.45) is 0.427. The van der Waals surface area contributed by atoms with E-state index in [1.807, 2.05) is 13.8 Å². The number of aryl methyl sites for hydroxylation is 1. The number of aromatic nitrogens is 2. The van der Waals surface area contributed by atoms with Crippen LogP contribution >= 0.6 is 0 Å². The van der Waals surface area contributed by atoms with Crippen molar-refractivity contribution in [3.8, 4) is 0 Å². The van der Waals surface area contributed by atoms with Gasteiger partial charge >= 0.3 is 0 Å². The van der Waals surface area contributed by atoms with Gasteiger partial charge in [0.1, 0.15) is 0 Å². The van der Waals surface area contributed by atoms with Gasteiger partial charge in [0.05, 0.1) is 5.54 Å². The van der Waals surface area contributed by atoms with Gasteiger partial charge in [0.25, 0.3) is 0 Å². The molecule has 2 N–H and O–H groups in total. The van der Waals surface area contributed by atoms with E-state index in [4.69, 9.17) is 4.52 Å². The summed E-state index contributed by atoms with van der Waals surface area (Å²) in [5, 5.41) is 9.58. The van der Waals surface area contributed by atoms with E-state index in [1.54, 1.807) is 14.0 Å². The highest BCUT2D eigenvalue weighted by Gasteiger charge is 2.27. The molecule has 1 aromatic rings. The van der Waals surface area contributed by atoms with Crippen LogP contribution in [0.1, 0.15) is 32.0 Å². The molecule has 90 valence electrons. The number of carbonyl (C=O) groups excluding carboxylic acids is 1. The number of carbonyl (C=O) groups is 1. The third-order valence-corrected chi connectivity index (χ3v) is 2.14. The van der Waals surface area contributed by atoms with E-state index in [-0.39, 0.29) is 5.91 Å². The predicted octanol–water partition coefficient (Wildman–Crippen LogP) is 0.339. The average molecular weight is 226 g/mol. The Hall–Kier alpha value is -1.43. The number of nitrogens with one attached hydrogen (secondary N) is 2. The average Bonchev–Trinajstić information content (AvgIpc) is 2.62. The lowest BCUT2D eigenvalue weighted by Crippen LogP contribution is -2.42. The fourth-order valence-electron chi connectivity index (χ4n) is 1.26. The molecule has 0 aliphatic carbocycles. The Morgan fingerprint density at radius 2 is 2.19 bits per heavy atom. The van der Waals surface area contributed by atoms with Crippen molar-refractivity contribution in [2.45, 2.75) is 32.7 Å². The van der Waals surface area contributed by atoms with Gasteiger partial charge in [-0.15, -0.1) is 0 Å². The van der Waals surface area contributed by atoms with Crippen LogP contribution in [0.4, 0.5) is 0 Å². The highest BCUT2D eigenvalue weighted by atomic mass is 16.5.